The Morgan fingerprint density at radius 1 is 1.30 bits per heavy atom. The Morgan fingerprint density at radius 3 is 2.61 bits per heavy atom. The maximum Gasteiger partial charge on any atom is 0.314 e. The van der Waals surface area contributed by atoms with E-state index in [1.807, 2.05) is 0 Å². The van der Waals surface area contributed by atoms with E-state index in [9.17, 15) is 9.90 Å². The third-order valence-electron chi connectivity index (χ3n) is 4.39. The minimum absolute atomic E-state index is 0.182. The molecule has 1 saturated heterocycles. The van der Waals surface area contributed by atoms with Crippen LogP contribution < -0.4 is 10.6 Å². The van der Waals surface area contributed by atoms with Crippen LogP contribution in [0.5, 0.6) is 0 Å². The predicted octanol–water partition coefficient (Wildman–Crippen LogP) is 2.40. The van der Waals surface area contributed by atoms with Gasteiger partial charge in [-0.3, -0.25) is 0 Å². The topological polar surface area (TPSA) is 64.6 Å². The zero-order valence-electron chi connectivity index (χ0n) is 13.6. The Kier molecular flexibility index (Phi) is 7.15. The molecule has 0 bridgehead atoms. The van der Waals surface area contributed by atoms with Crippen LogP contribution in [0.25, 0.3) is 0 Å². The van der Waals surface area contributed by atoms with Gasteiger partial charge in [0, 0.05) is 18.1 Å². The molecule has 5 nitrogen and oxygen atoms in total. The summed E-state index contributed by atoms with van der Waals surface area (Å²) < 4.78 is 0. The number of carbonyl (C=O) groups excluding carboxylic acids is 1. The summed E-state index contributed by atoms with van der Waals surface area (Å²) in [5.74, 6) is 0.700. The van der Waals surface area contributed by atoms with E-state index >= 15 is 0 Å². The van der Waals surface area contributed by atoms with Gasteiger partial charge in [-0.2, -0.15) is 0 Å². The van der Waals surface area contributed by atoms with Crippen molar-refractivity contribution >= 4 is 17.6 Å². The van der Waals surface area contributed by atoms with Crippen molar-refractivity contribution in [1.82, 2.24) is 15.5 Å². The Hall–Kier alpha value is -1.30. The van der Waals surface area contributed by atoms with Gasteiger partial charge >= 0.3 is 6.03 Å². The molecule has 23 heavy (non-hydrogen) atoms. The molecule has 1 aromatic rings. The molecule has 1 aliphatic rings. The Labute approximate surface area is 143 Å². The highest BCUT2D eigenvalue weighted by Gasteiger charge is 2.16. The van der Waals surface area contributed by atoms with Gasteiger partial charge in [0.05, 0.1) is 6.10 Å². The Bertz CT molecular complexity index is 487. The van der Waals surface area contributed by atoms with Gasteiger partial charge in [-0.25, -0.2) is 4.79 Å². The molecular weight excluding hydrogens is 314 g/mol. The number of aliphatic hydroxyl groups excluding tert-OH is 1. The third-order valence-corrected chi connectivity index (χ3v) is 4.64. The van der Waals surface area contributed by atoms with Crippen LogP contribution in [0.3, 0.4) is 0 Å². The smallest absolute Gasteiger partial charge is 0.314 e. The fourth-order valence-corrected chi connectivity index (χ4v) is 2.92. The zero-order chi connectivity index (χ0) is 16.7. The summed E-state index contributed by atoms with van der Waals surface area (Å²) in [7, 11) is 2.15. The van der Waals surface area contributed by atoms with Gasteiger partial charge in [0.25, 0.3) is 0 Å². The fraction of sp³-hybridized carbons (Fsp3) is 0.588. The number of aliphatic hydroxyl groups is 1. The fourth-order valence-electron chi connectivity index (χ4n) is 2.80. The second kappa shape index (κ2) is 9.11. The van der Waals surface area contributed by atoms with Crippen LogP contribution in [0, 0.1) is 5.92 Å². The quantitative estimate of drug-likeness (QED) is 0.745. The lowest BCUT2D eigenvalue weighted by Crippen LogP contribution is -2.39. The highest BCUT2D eigenvalue weighted by Crippen LogP contribution is 2.18. The molecule has 128 valence electrons. The monoisotopic (exact) mass is 339 g/mol. The molecule has 0 aromatic heterocycles. The lowest BCUT2D eigenvalue weighted by Gasteiger charge is -2.28. The van der Waals surface area contributed by atoms with Crippen LogP contribution in [0.4, 0.5) is 4.79 Å². The van der Waals surface area contributed by atoms with Gasteiger partial charge in [0.2, 0.25) is 0 Å². The Balaban J connectivity index is 1.60. The van der Waals surface area contributed by atoms with Crippen molar-refractivity contribution in [3.8, 4) is 0 Å². The van der Waals surface area contributed by atoms with Gasteiger partial charge < -0.3 is 20.6 Å². The molecule has 1 heterocycles. The van der Waals surface area contributed by atoms with Crippen LogP contribution in [0.1, 0.15) is 30.9 Å². The lowest BCUT2D eigenvalue weighted by atomic mass is 9.94. The van der Waals surface area contributed by atoms with Crippen LogP contribution in [0.2, 0.25) is 5.02 Å². The first-order chi connectivity index (χ1) is 11.0. The summed E-state index contributed by atoms with van der Waals surface area (Å²) in [5.41, 5.74) is 0.737. The molecule has 0 spiro atoms. The summed E-state index contributed by atoms with van der Waals surface area (Å²) >= 11 is 5.81. The van der Waals surface area contributed by atoms with Crippen LogP contribution in [0.15, 0.2) is 24.3 Å². The van der Waals surface area contributed by atoms with Crippen molar-refractivity contribution < 1.29 is 9.90 Å². The molecule has 1 atom stereocenters. The number of nitrogens with zero attached hydrogens (tertiary/aromatic N) is 1. The minimum Gasteiger partial charge on any atom is -0.387 e. The van der Waals surface area contributed by atoms with E-state index in [1.54, 1.807) is 24.3 Å². The molecule has 0 saturated carbocycles. The van der Waals surface area contributed by atoms with E-state index in [2.05, 4.69) is 22.6 Å². The molecule has 1 unspecified atom stereocenters. The molecular formula is C17H26ClN3O2. The van der Waals surface area contributed by atoms with Crippen LogP contribution >= 0.6 is 11.6 Å². The number of likely N-dealkylation sites (tertiary alicyclic amines) is 1. The number of carbonyl (C=O) groups is 1. The number of halogens is 1. The van der Waals surface area contributed by atoms with Crippen LogP contribution in [-0.4, -0.2) is 49.3 Å². The van der Waals surface area contributed by atoms with Crippen molar-refractivity contribution in [2.24, 2.45) is 5.92 Å². The average Bonchev–Trinajstić information content (AvgIpc) is 2.55. The first-order valence-corrected chi connectivity index (χ1v) is 8.56. The second-order valence-electron chi connectivity index (χ2n) is 6.24. The van der Waals surface area contributed by atoms with Crippen LogP contribution in [-0.2, 0) is 0 Å². The van der Waals surface area contributed by atoms with Crippen molar-refractivity contribution in [1.29, 1.82) is 0 Å². The van der Waals surface area contributed by atoms with E-state index in [1.165, 1.54) is 12.8 Å². The van der Waals surface area contributed by atoms with E-state index in [0.29, 0.717) is 17.5 Å². The summed E-state index contributed by atoms with van der Waals surface area (Å²) in [5, 5.41) is 16.2. The SMILES string of the molecule is CN1CCC(CCNC(=O)NCC(O)c2ccc(Cl)cc2)CC1. The van der Waals surface area contributed by atoms with Gasteiger partial charge in [-0.1, -0.05) is 23.7 Å². The maximum absolute atomic E-state index is 11.8. The van der Waals surface area contributed by atoms with E-state index in [4.69, 9.17) is 11.6 Å². The molecule has 1 aliphatic heterocycles. The number of benzene rings is 1. The number of piperidine rings is 1. The largest absolute Gasteiger partial charge is 0.387 e. The van der Waals surface area contributed by atoms with Crippen molar-refractivity contribution in [2.45, 2.75) is 25.4 Å². The van der Waals surface area contributed by atoms with Gasteiger partial charge in [0.1, 0.15) is 0 Å². The number of hydrogen-bond acceptors (Lipinski definition) is 3. The molecule has 6 heteroatoms. The number of hydrogen-bond donors (Lipinski definition) is 3. The van der Waals surface area contributed by atoms with Crippen molar-refractivity contribution in [3.05, 3.63) is 34.9 Å². The third kappa shape index (κ3) is 6.37. The second-order valence-corrected chi connectivity index (χ2v) is 6.68. The number of rotatable bonds is 6. The molecule has 2 rings (SSSR count). The highest BCUT2D eigenvalue weighted by molar-refractivity contribution is 6.30. The summed E-state index contributed by atoms with van der Waals surface area (Å²) in [6.07, 6.45) is 2.69. The van der Waals surface area contributed by atoms with E-state index in [-0.39, 0.29) is 12.6 Å². The summed E-state index contributed by atoms with van der Waals surface area (Å²) in [4.78, 5) is 14.1. The zero-order valence-corrected chi connectivity index (χ0v) is 14.4. The summed E-state index contributed by atoms with van der Waals surface area (Å²) in [6, 6.07) is 6.73. The van der Waals surface area contributed by atoms with E-state index < -0.39 is 6.10 Å². The van der Waals surface area contributed by atoms with Crippen molar-refractivity contribution in [2.75, 3.05) is 33.2 Å². The summed E-state index contributed by atoms with van der Waals surface area (Å²) in [6.45, 7) is 3.15. The van der Waals surface area contributed by atoms with Gasteiger partial charge in [-0.15, -0.1) is 0 Å². The van der Waals surface area contributed by atoms with E-state index in [0.717, 1.165) is 25.1 Å². The minimum atomic E-state index is -0.730. The first kappa shape index (κ1) is 18.0. The van der Waals surface area contributed by atoms with Gasteiger partial charge in [-0.05, 0) is 63.0 Å². The molecule has 3 N–H and O–H groups in total. The molecule has 1 aromatic carbocycles. The Morgan fingerprint density at radius 2 is 1.96 bits per heavy atom. The van der Waals surface area contributed by atoms with Gasteiger partial charge in [0.15, 0.2) is 0 Å². The normalized spacial score (nSPS) is 17.7. The number of amides is 2. The molecule has 0 radical (unpaired) electrons. The standard InChI is InChI=1S/C17H26ClN3O2/c1-21-10-7-13(8-11-21)6-9-19-17(23)20-12-16(22)14-2-4-15(18)5-3-14/h2-5,13,16,22H,6-12H2,1H3,(H2,19,20,23). The molecule has 1 fully saturated rings. The number of urea groups is 1. The highest BCUT2D eigenvalue weighted by atomic mass is 35.5. The lowest BCUT2D eigenvalue weighted by molar-refractivity contribution is 0.172. The average molecular weight is 340 g/mol. The molecule has 0 aliphatic carbocycles. The first-order valence-electron chi connectivity index (χ1n) is 8.18. The molecule has 2 amide bonds. The van der Waals surface area contributed by atoms with Crippen molar-refractivity contribution in [3.63, 3.8) is 0 Å². The predicted molar refractivity (Wildman–Crippen MR) is 92.7 cm³/mol. The number of nitrogens with one attached hydrogen (secondary N) is 2. The maximum atomic E-state index is 11.8.